The van der Waals surface area contributed by atoms with Gasteiger partial charge in [0.05, 0.1) is 11.8 Å². The third kappa shape index (κ3) is 3.47. The van der Waals surface area contributed by atoms with Gasteiger partial charge < -0.3 is 10.2 Å². The predicted octanol–water partition coefficient (Wildman–Crippen LogP) is 3.05. The number of hydrogen-bond donors (Lipinski definition) is 1. The fraction of sp³-hybridized carbons (Fsp3) is 0.412. The molecule has 1 fully saturated rings. The first kappa shape index (κ1) is 14.6. The van der Waals surface area contributed by atoms with Gasteiger partial charge in [0.2, 0.25) is 0 Å². The number of nitrogens with zero attached hydrogens (tertiary/aromatic N) is 3. The van der Waals surface area contributed by atoms with Crippen LogP contribution in [0.15, 0.2) is 36.7 Å². The molecular formula is C17H22N4O. The van der Waals surface area contributed by atoms with E-state index in [4.69, 9.17) is 0 Å². The first-order valence-corrected chi connectivity index (χ1v) is 7.87. The maximum Gasteiger partial charge on any atom is 0.258 e. The highest BCUT2D eigenvalue weighted by Crippen LogP contribution is 2.21. The Balaban J connectivity index is 1.64. The summed E-state index contributed by atoms with van der Waals surface area (Å²) < 4.78 is 1.62. The van der Waals surface area contributed by atoms with Crippen LogP contribution in [0.3, 0.4) is 0 Å². The average molecular weight is 298 g/mol. The summed E-state index contributed by atoms with van der Waals surface area (Å²) in [6.45, 7) is 2.25. The van der Waals surface area contributed by atoms with E-state index in [9.17, 15) is 4.79 Å². The van der Waals surface area contributed by atoms with Crippen molar-refractivity contribution in [3.05, 3.63) is 42.2 Å². The van der Waals surface area contributed by atoms with Crippen LogP contribution in [0.25, 0.3) is 0 Å². The minimum absolute atomic E-state index is 0.129. The van der Waals surface area contributed by atoms with Gasteiger partial charge in [0.25, 0.3) is 5.91 Å². The fourth-order valence-corrected chi connectivity index (χ4v) is 2.83. The number of rotatable bonds is 3. The number of benzene rings is 1. The molecule has 5 heteroatoms. The summed E-state index contributed by atoms with van der Waals surface area (Å²) in [5.41, 5.74) is 2.62. The Bertz CT molecular complexity index is 624. The second-order valence-electron chi connectivity index (χ2n) is 5.80. The molecule has 2 aromatic rings. The smallest absolute Gasteiger partial charge is 0.258 e. The minimum Gasteiger partial charge on any atom is -0.372 e. The van der Waals surface area contributed by atoms with Crippen molar-refractivity contribution in [2.75, 3.05) is 23.3 Å². The van der Waals surface area contributed by atoms with E-state index < -0.39 is 0 Å². The molecule has 116 valence electrons. The minimum atomic E-state index is -0.129. The molecule has 1 aromatic heterocycles. The van der Waals surface area contributed by atoms with Crippen LogP contribution in [0.4, 0.5) is 11.4 Å². The van der Waals surface area contributed by atoms with Crippen LogP contribution in [-0.4, -0.2) is 28.8 Å². The lowest BCUT2D eigenvalue weighted by Crippen LogP contribution is -2.23. The lowest BCUT2D eigenvalue weighted by atomic mass is 10.2. The van der Waals surface area contributed by atoms with Gasteiger partial charge in [0, 0.05) is 37.7 Å². The molecule has 3 rings (SSSR count). The number of carbonyl (C=O) groups is 1. The molecule has 1 aromatic carbocycles. The molecule has 0 aliphatic carbocycles. The second-order valence-corrected chi connectivity index (χ2v) is 5.80. The standard InChI is InChI=1S/C17H22N4O/c1-20-13-14(12-18-20)17(22)19-15-6-8-16(9-7-15)21-10-4-2-3-5-11-21/h6-9,12-13H,2-5,10-11H2,1H3,(H,19,22). The first-order chi connectivity index (χ1) is 10.7. The molecule has 0 spiro atoms. The number of amides is 1. The third-order valence-electron chi connectivity index (χ3n) is 4.06. The zero-order valence-corrected chi connectivity index (χ0v) is 13.0. The summed E-state index contributed by atoms with van der Waals surface area (Å²) in [7, 11) is 1.80. The molecule has 1 N–H and O–H groups in total. The molecule has 0 saturated carbocycles. The summed E-state index contributed by atoms with van der Waals surface area (Å²) in [5.74, 6) is -0.129. The van der Waals surface area contributed by atoms with Crippen LogP contribution in [0.2, 0.25) is 0 Å². The van der Waals surface area contributed by atoms with Crippen LogP contribution in [-0.2, 0) is 7.05 Å². The first-order valence-electron chi connectivity index (χ1n) is 7.87. The average Bonchev–Trinajstić information content (AvgIpc) is 2.80. The molecular weight excluding hydrogens is 276 g/mol. The maximum atomic E-state index is 12.1. The van der Waals surface area contributed by atoms with Gasteiger partial charge in [-0.05, 0) is 37.1 Å². The van der Waals surface area contributed by atoms with Gasteiger partial charge in [0.15, 0.2) is 0 Å². The van der Waals surface area contributed by atoms with Crippen molar-refractivity contribution in [3.8, 4) is 0 Å². The summed E-state index contributed by atoms with van der Waals surface area (Å²) in [6.07, 6.45) is 8.46. The molecule has 1 saturated heterocycles. The largest absolute Gasteiger partial charge is 0.372 e. The third-order valence-corrected chi connectivity index (χ3v) is 4.06. The quantitative estimate of drug-likeness (QED) is 0.947. The van der Waals surface area contributed by atoms with Crippen molar-refractivity contribution in [2.24, 2.45) is 7.05 Å². The molecule has 5 nitrogen and oxygen atoms in total. The van der Waals surface area contributed by atoms with E-state index >= 15 is 0 Å². The summed E-state index contributed by atoms with van der Waals surface area (Å²) >= 11 is 0. The molecule has 1 amide bonds. The van der Waals surface area contributed by atoms with E-state index in [0.717, 1.165) is 18.8 Å². The van der Waals surface area contributed by atoms with Crippen molar-refractivity contribution in [3.63, 3.8) is 0 Å². The molecule has 1 aliphatic rings. The van der Waals surface area contributed by atoms with Gasteiger partial charge in [-0.3, -0.25) is 9.48 Å². The Morgan fingerprint density at radius 2 is 1.77 bits per heavy atom. The second kappa shape index (κ2) is 6.64. The van der Waals surface area contributed by atoms with Gasteiger partial charge in [0.1, 0.15) is 0 Å². The monoisotopic (exact) mass is 298 g/mol. The number of nitrogens with one attached hydrogen (secondary N) is 1. The zero-order valence-electron chi connectivity index (χ0n) is 13.0. The van der Waals surface area contributed by atoms with Gasteiger partial charge >= 0.3 is 0 Å². The molecule has 1 aliphatic heterocycles. The van der Waals surface area contributed by atoms with Crippen LogP contribution >= 0.6 is 0 Å². The number of aryl methyl sites for hydroxylation is 1. The summed E-state index contributed by atoms with van der Waals surface area (Å²) in [5, 5.41) is 6.92. The van der Waals surface area contributed by atoms with E-state index in [2.05, 4.69) is 27.4 Å². The van der Waals surface area contributed by atoms with Crippen molar-refractivity contribution >= 4 is 17.3 Å². The Kier molecular flexibility index (Phi) is 4.42. The van der Waals surface area contributed by atoms with Gasteiger partial charge in [-0.1, -0.05) is 12.8 Å². The van der Waals surface area contributed by atoms with Crippen molar-refractivity contribution < 1.29 is 4.79 Å². The van der Waals surface area contributed by atoms with Gasteiger partial charge in [-0.25, -0.2) is 0 Å². The van der Waals surface area contributed by atoms with Crippen molar-refractivity contribution in [1.29, 1.82) is 0 Å². The number of hydrogen-bond acceptors (Lipinski definition) is 3. The Labute approximate surface area is 130 Å². The Morgan fingerprint density at radius 3 is 2.36 bits per heavy atom. The SMILES string of the molecule is Cn1cc(C(=O)Nc2ccc(N3CCCCCC3)cc2)cn1. The van der Waals surface area contributed by atoms with E-state index in [0.29, 0.717) is 5.56 Å². The van der Waals surface area contributed by atoms with Crippen LogP contribution in [0, 0.1) is 0 Å². The normalized spacial score (nSPS) is 15.4. The predicted molar refractivity (Wildman–Crippen MR) is 88.3 cm³/mol. The number of carbonyl (C=O) groups excluding carboxylic acids is 1. The molecule has 22 heavy (non-hydrogen) atoms. The molecule has 2 heterocycles. The highest BCUT2D eigenvalue weighted by molar-refractivity contribution is 6.03. The Hall–Kier alpha value is -2.30. The number of aromatic nitrogens is 2. The molecule has 0 radical (unpaired) electrons. The highest BCUT2D eigenvalue weighted by Gasteiger charge is 2.11. The molecule has 0 atom stereocenters. The van der Waals surface area contributed by atoms with E-state index in [-0.39, 0.29) is 5.91 Å². The van der Waals surface area contributed by atoms with Gasteiger partial charge in [-0.15, -0.1) is 0 Å². The van der Waals surface area contributed by atoms with E-state index in [1.807, 2.05) is 12.1 Å². The fourth-order valence-electron chi connectivity index (χ4n) is 2.83. The van der Waals surface area contributed by atoms with Crippen LogP contribution in [0.1, 0.15) is 36.0 Å². The highest BCUT2D eigenvalue weighted by atomic mass is 16.1. The van der Waals surface area contributed by atoms with Crippen molar-refractivity contribution in [1.82, 2.24) is 9.78 Å². The topological polar surface area (TPSA) is 50.2 Å². The van der Waals surface area contributed by atoms with E-state index in [1.54, 1.807) is 24.1 Å². The van der Waals surface area contributed by atoms with Crippen molar-refractivity contribution in [2.45, 2.75) is 25.7 Å². The molecule has 0 bridgehead atoms. The Morgan fingerprint density at radius 1 is 1.09 bits per heavy atom. The summed E-state index contributed by atoms with van der Waals surface area (Å²) in [6, 6.07) is 8.11. The maximum absolute atomic E-state index is 12.1. The van der Waals surface area contributed by atoms with E-state index in [1.165, 1.54) is 31.4 Å². The lowest BCUT2D eigenvalue weighted by Gasteiger charge is -2.22. The van der Waals surface area contributed by atoms with Crippen LogP contribution in [0.5, 0.6) is 0 Å². The van der Waals surface area contributed by atoms with Gasteiger partial charge in [-0.2, -0.15) is 5.10 Å². The lowest BCUT2D eigenvalue weighted by molar-refractivity contribution is 0.102. The zero-order chi connectivity index (χ0) is 15.4. The summed E-state index contributed by atoms with van der Waals surface area (Å²) in [4.78, 5) is 14.5. The van der Waals surface area contributed by atoms with Crippen LogP contribution < -0.4 is 10.2 Å². The number of anilines is 2. The molecule has 0 unspecified atom stereocenters.